The van der Waals surface area contributed by atoms with Crippen LogP contribution in [0.5, 0.6) is 5.75 Å². The first-order valence-electron chi connectivity index (χ1n) is 9.23. The molecule has 3 N–H and O–H groups in total. The minimum atomic E-state index is 0.201. The summed E-state index contributed by atoms with van der Waals surface area (Å²) >= 11 is 0. The van der Waals surface area contributed by atoms with Crippen molar-refractivity contribution in [3.05, 3.63) is 65.2 Å². The number of nitrogens with one attached hydrogen (secondary N) is 2. The number of aryl methyl sites for hydroxylation is 1. The lowest BCUT2D eigenvalue weighted by Gasteiger charge is -2.30. The lowest BCUT2D eigenvalue weighted by molar-refractivity contribution is 0.337. The molecule has 0 aliphatic heterocycles. The zero-order valence-electron chi connectivity index (χ0n) is 16.1. The second-order valence-electron chi connectivity index (χ2n) is 7.44. The smallest absolute Gasteiger partial charge is 0.115 e. The Kier molecular flexibility index (Phi) is 7.03. The van der Waals surface area contributed by atoms with E-state index in [4.69, 9.17) is 0 Å². The van der Waals surface area contributed by atoms with E-state index in [9.17, 15) is 5.11 Å². The summed E-state index contributed by atoms with van der Waals surface area (Å²) in [5.74, 6) is 0.544. The maximum Gasteiger partial charge on any atom is 0.115 e. The predicted octanol–water partition coefficient (Wildman–Crippen LogP) is 4.54. The standard InChI is InChI=1S/C22H32N2O/c1-15(2)23-22(24-16(3)4)14-21(18-9-7-6-8-10-18)20-13-19(25)12-11-17(20)5/h6-13,15-16,21-25H,14H2,1-5H3. The lowest BCUT2D eigenvalue weighted by atomic mass is 9.85. The van der Waals surface area contributed by atoms with Crippen LogP contribution >= 0.6 is 0 Å². The normalized spacial score (nSPS) is 13.0. The summed E-state index contributed by atoms with van der Waals surface area (Å²) in [5.41, 5.74) is 3.67. The Morgan fingerprint density at radius 1 is 0.880 bits per heavy atom. The monoisotopic (exact) mass is 340 g/mol. The average Bonchev–Trinajstić information content (AvgIpc) is 2.54. The Hall–Kier alpha value is -1.84. The summed E-state index contributed by atoms with van der Waals surface area (Å²) in [5, 5.41) is 17.3. The van der Waals surface area contributed by atoms with Crippen LogP contribution in [0.15, 0.2) is 48.5 Å². The van der Waals surface area contributed by atoms with Crippen molar-refractivity contribution in [3.63, 3.8) is 0 Å². The van der Waals surface area contributed by atoms with Crippen LogP contribution in [0, 0.1) is 6.92 Å². The molecule has 0 radical (unpaired) electrons. The summed E-state index contributed by atoms with van der Waals surface area (Å²) in [7, 11) is 0. The molecule has 25 heavy (non-hydrogen) atoms. The second-order valence-corrected chi connectivity index (χ2v) is 7.44. The van der Waals surface area contributed by atoms with Crippen LogP contribution in [-0.4, -0.2) is 23.4 Å². The van der Waals surface area contributed by atoms with Crippen LogP contribution in [0.25, 0.3) is 0 Å². The van der Waals surface area contributed by atoms with Crippen molar-refractivity contribution in [2.24, 2.45) is 0 Å². The van der Waals surface area contributed by atoms with Gasteiger partial charge >= 0.3 is 0 Å². The Morgan fingerprint density at radius 2 is 1.48 bits per heavy atom. The highest BCUT2D eigenvalue weighted by molar-refractivity contribution is 5.41. The molecule has 0 heterocycles. The average molecular weight is 341 g/mol. The van der Waals surface area contributed by atoms with E-state index < -0.39 is 0 Å². The summed E-state index contributed by atoms with van der Waals surface area (Å²) in [6, 6.07) is 17.0. The molecule has 0 aliphatic carbocycles. The third-order valence-electron chi connectivity index (χ3n) is 4.38. The van der Waals surface area contributed by atoms with Gasteiger partial charge in [0, 0.05) is 18.0 Å². The van der Waals surface area contributed by atoms with E-state index in [-0.39, 0.29) is 12.1 Å². The summed E-state index contributed by atoms with van der Waals surface area (Å²) in [6.45, 7) is 10.8. The van der Waals surface area contributed by atoms with Crippen LogP contribution in [0.4, 0.5) is 0 Å². The van der Waals surface area contributed by atoms with Gasteiger partial charge in [-0.2, -0.15) is 0 Å². The predicted molar refractivity (Wildman–Crippen MR) is 106 cm³/mol. The first-order chi connectivity index (χ1) is 11.9. The third kappa shape index (κ3) is 5.87. The topological polar surface area (TPSA) is 44.3 Å². The van der Waals surface area contributed by atoms with Crippen molar-refractivity contribution in [3.8, 4) is 5.75 Å². The fourth-order valence-electron chi connectivity index (χ4n) is 3.36. The van der Waals surface area contributed by atoms with Gasteiger partial charge in [-0.05, 0) is 69.9 Å². The van der Waals surface area contributed by atoms with Gasteiger partial charge in [-0.3, -0.25) is 10.6 Å². The van der Waals surface area contributed by atoms with Crippen LogP contribution < -0.4 is 10.6 Å². The summed E-state index contributed by atoms with van der Waals surface area (Å²) in [4.78, 5) is 0. The molecule has 0 saturated heterocycles. The van der Waals surface area contributed by atoms with Gasteiger partial charge in [-0.15, -0.1) is 0 Å². The number of phenols is 1. The number of hydrogen-bond donors (Lipinski definition) is 3. The van der Waals surface area contributed by atoms with E-state index in [0.717, 1.165) is 6.42 Å². The van der Waals surface area contributed by atoms with Crippen LogP contribution in [-0.2, 0) is 0 Å². The van der Waals surface area contributed by atoms with E-state index in [1.165, 1.54) is 16.7 Å². The highest BCUT2D eigenvalue weighted by Crippen LogP contribution is 2.33. The quantitative estimate of drug-likeness (QED) is 0.618. The van der Waals surface area contributed by atoms with Gasteiger partial charge in [0.1, 0.15) is 5.75 Å². The minimum absolute atomic E-state index is 0.201. The van der Waals surface area contributed by atoms with Crippen molar-refractivity contribution >= 4 is 0 Å². The number of hydrogen-bond acceptors (Lipinski definition) is 3. The maximum atomic E-state index is 10.0. The van der Waals surface area contributed by atoms with Crippen LogP contribution in [0.1, 0.15) is 56.7 Å². The van der Waals surface area contributed by atoms with Crippen molar-refractivity contribution in [1.29, 1.82) is 0 Å². The molecule has 2 rings (SSSR count). The van der Waals surface area contributed by atoms with Crippen LogP contribution in [0.2, 0.25) is 0 Å². The van der Waals surface area contributed by atoms with Crippen LogP contribution in [0.3, 0.4) is 0 Å². The van der Waals surface area contributed by atoms with E-state index in [2.05, 4.69) is 69.5 Å². The molecular formula is C22H32N2O. The van der Waals surface area contributed by atoms with Gasteiger partial charge in [0.2, 0.25) is 0 Å². The molecule has 1 atom stereocenters. The van der Waals surface area contributed by atoms with Crippen molar-refractivity contribution in [2.45, 2.75) is 65.2 Å². The Morgan fingerprint density at radius 3 is 2.04 bits per heavy atom. The molecule has 0 saturated carbocycles. The van der Waals surface area contributed by atoms with E-state index >= 15 is 0 Å². The molecule has 0 aliphatic rings. The van der Waals surface area contributed by atoms with Crippen molar-refractivity contribution in [2.75, 3.05) is 0 Å². The van der Waals surface area contributed by atoms with Gasteiger partial charge in [-0.25, -0.2) is 0 Å². The highest BCUT2D eigenvalue weighted by atomic mass is 16.3. The highest BCUT2D eigenvalue weighted by Gasteiger charge is 2.22. The molecule has 0 aromatic heterocycles. The largest absolute Gasteiger partial charge is 0.508 e. The number of benzene rings is 2. The van der Waals surface area contributed by atoms with Crippen molar-refractivity contribution in [1.82, 2.24) is 10.6 Å². The fourth-order valence-corrected chi connectivity index (χ4v) is 3.36. The Bertz CT molecular complexity index is 642. The van der Waals surface area contributed by atoms with Gasteiger partial charge in [-0.1, -0.05) is 36.4 Å². The van der Waals surface area contributed by atoms with E-state index in [1.807, 2.05) is 18.2 Å². The van der Waals surface area contributed by atoms with Gasteiger partial charge in [0.05, 0.1) is 6.17 Å². The lowest BCUT2D eigenvalue weighted by Crippen LogP contribution is -2.49. The second kappa shape index (κ2) is 9.02. The van der Waals surface area contributed by atoms with Gasteiger partial charge in [0.25, 0.3) is 0 Å². The zero-order valence-corrected chi connectivity index (χ0v) is 16.1. The molecule has 0 fully saturated rings. The molecule has 3 heteroatoms. The molecule has 2 aromatic carbocycles. The Labute approximate surface area is 152 Å². The molecule has 0 amide bonds. The van der Waals surface area contributed by atoms with E-state index in [0.29, 0.717) is 17.8 Å². The summed E-state index contributed by atoms with van der Waals surface area (Å²) in [6.07, 6.45) is 1.12. The van der Waals surface area contributed by atoms with Crippen molar-refractivity contribution < 1.29 is 5.11 Å². The van der Waals surface area contributed by atoms with E-state index in [1.54, 1.807) is 6.07 Å². The molecule has 1 unspecified atom stereocenters. The first-order valence-corrected chi connectivity index (χ1v) is 9.23. The first kappa shape index (κ1) is 19.5. The minimum Gasteiger partial charge on any atom is -0.508 e. The zero-order chi connectivity index (χ0) is 18.4. The number of rotatable bonds is 8. The summed E-state index contributed by atoms with van der Waals surface area (Å²) < 4.78 is 0. The molecule has 0 bridgehead atoms. The number of aromatic hydroxyl groups is 1. The van der Waals surface area contributed by atoms with Gasteiger partial charge in [0.15, 0.2) is 0 Å². The molecular weight excluding hydrogens is 308 g/mol. The molecule has 3 nitrogen and oxygen atoms in total. The number of phenolic OH excluding ortho intramolecular Hbond substituents is 1. The molecule has 0 spiro atoms. The molecule has 136 valence electrons. The van der Waals surface area contributed by atoms with Gasteiger partial charge < -0.3 is 5.11 Å². The Balaban J connectivity index is 2.38. The fraction of sp³-hybridized carbons (Fsp3) is 0.455. The molecule has 2 aromatic rings. The third-order valence-corrected chi connectivity index (χ3v) is 4.38. The SMILES string of the molecule is Cc1ccc(O)cc1C(CC(NC(C)C)NC(C)C)c1ccccc1. The maximum absolute atomic E-state index is 10.0.